The van der Waals surface area contributed by atoms with E-state index in [4.69, 9.17) is 10.6 Å². The molecule has 1 fully saturated rings. The zero-order valence-electron chi connectivity index (χ0n) is 10.2. The van der Waals surface area contributed by atoms with Crippen molar-refractivity contribution in [2.75, 3.05) is 25.1 Å². The molecule has 1 saturated heterocycles. The summed E-state index contributed by atoms with van der Waals surface area (Å²) in [5, 5.41) is 12.6. The molecule has 0 aliphatic carbocycles. The number of nitrogens with zero attached hydrogens (tertiary/aromatic N) is 4. The van der Waals surface area contributed by atoms with Gasteiger partial charge in [-0.15, -0.1) is 0 Å². The summed E-state index contributed by atoms with van der Waals surface area (Å²) in [6, 6.07) is -0.763. The maximum Gasteiger partial charge on any atom is 0.326 e. The molecule has 1 aliphatic rings. The molecule has 1 rings (SSSR count). The summed E-state index contributed by atoms with van der Waals surface area (Å²) >= 11 is 1.55. The normalized spacial score (nSPS) is 20.6. The molecule has 0 bridgehead atoms. The van der Waals surface area contributed by atoms with Crippen molar-refractivity contribution >= 4 is 23.6 Å². The molecule has 0 spiro atoms. The number of thioether (sulfide) groups is 1. The molecule has 7 nitrogen and oxygen atoms in total. The van der Waals surface area contributed by atoms with Crippen molar-refractivity contribution in [3.63, 3.8) is 0 Å². The van der Waals surface area contributed by atoms with Gasteiger partial charge in [-0.05, 0) is 29.9 Å². The number of carboxylic acid groups (broad SMARTS) is 1. The van der Waals surface area contributed by atoms with Crippen LogP contribution in [-0.4, -0.2) is 53.0 Å². The first kappa shape index (κ1) is 14.7. The average molecular weight is 272 g/mol. The molecular weight excluding hydrogens is 256 g/mol. The van der Waals surface area contributed by atoms with E-state index >= 15 is 0 Å². The number of carbonyl (C=O) groups is 2. The van der Waals surface area contributed by atoms with E-state index in [1.807, 2.05) is 6.26 Å². The zero-order chi connectivity index (χ0) is 13.5. The maximum absolute atomic E-state index is 11.8. The van der Waals surface area contributed by atoms with Crippen molar-refractivity contribution in [2.45, 2.75) is 18.9 Å². The van der Waals surface area contributed by atoms with Gasteiger partial charge in [0.15, 0.2) is 0 Å². The molecule has 18 heavy (non-hydrogen) atoms. The predicted molar refractivity (Wildman–Crippen MR) is 68.3 cm³/mol. The Morgan fingerprint density at radius 1 is 1.78 bits per heavy atom. The van der Waals surface area contributed by atoms with E-state index in [0.717, 1.165) is 0 Å². The summed E-state index contributed by atoms with van der Waals surface area (Å²) in [5.41, 5.74) is 8.23. The fourth-order valence-corrected chi connectivity index (χ4v) is 2.49. The number of hydrogen-bond donors (Lipinski definition) is 1. The summed E-state index contributed by atoms with van der Waals surface area (Å²) in [5.74, 6) is -0.505. The molecule has 0 aromatic heterocycles. The monoisotopic (exact) mass is 272 g/mol. The number of hydrogen-bond acceptors (Lipinski definition) is 4. The summed E-state index contributed by atoms with van der Waals surface area (Å²) in [6.07, 6.45) is 2.60. The Balaban J connectivity index is 2.65. The van der Waals surface area contributed by atoms with Crippen LogP contribution in [0.3, 0.4) is 0 Å². The van der Waals surface area contributed by atoms with Crippen molar-refractivity contribution in [1.82, 2.24) is 4.90 Å². The topological polar surface area (TPSA) is 106 Å². The SMILES string of the molecule is CSCC[C@@H](C(=O)O)N1CC(CN=[N+]=[N-])CC1=O. The molecule has 0 radical (unpaired) electrons. The Labute approximate surface area is 109 Å². The molecule has 0 saturated carbocycles. The van der Waals surface area contributed by atoms with Crippen LogP contribution in [0.2, 0.25) is 0 Å². The highest BCUT2D eigenvalue weighted by Crippen LogP contribution is 2.22. The number of aliphatic carboxylic acids is 1. The van der Waals surface area contributed by atoms with Gasteiger partial charge in [-0.25, -0.2) is 4.79 Å². The highest BCUT2D eigenvalue weighted by Gasteiger charge is 2.36. The molecule has 100 valence electrons. The van der Waals surface area contributed by atoms with Gasteiger partial charge in [0.05, 0.1) is 0 Å². The lowest BCUT2D eigenvalue weighted by Gasteiger charge is -2.24. The number of rotatable bonds is 7. The van der Waals surface area contributed by atoms with Crippen molar-refractivity contribution in [3.05, 3.63) is 10.4 Å². The van der Waals surface area contributed by atoms with Crippen LogP contribution in [0.25, 0.3) is 10.4 Å². The third kappa shape index (κ3) is 3.82. The van der Waals surface area contributed by atoms with E-state index in [-0.39, 0.29) is 24.8 Å². The lowest BCUT2D eigenvalue weighted by molar-refractivity contribution is -0.148. The van der Waals surface area contributed by atoms with Gasteiger partial charge in [-0.1, -0.05) is 5.11 Å². The number of carbonyl (C=O) groups excluding carboxylic acids is 1. The minimum absolute atomic E-state index is 0.0653. The van der Waals surface area contributed by atoms with Gasteiger partial charge < -0.3 is 10.0 Å². The molecule has 1 aliphatic heterocycles. The second-order valence-corrected chi connectivity index (χ2v) is 5.15. The molecule has 1 heterocycles. The first-order valence-electron chi connectivity index (χ1n) is 5.62. The summed E-state index contributed by atoms with van der Waals surface area (Å²) in [4.78, 5) is 27.0. The zero-order valence-corrected chi connectivity index (χ0v) is 11.0. The van der Waals surface area contributed by atoms with Gasteiger partial charge >= 0.3 is 5.97 Å². The molecule has 2 atom stereocenters. The molecule has 0 aromatic rings. The van der Waals surface area contributed by atoms with Crippen molar-refractivity contribution < 1.29 is 14.7 Å². The summed E-state index contributed by atoms with van der Waals surface area (Å²) < 4.78 is 0. The van der Waals surface area contributed by atoms with E-state index in [9.17, 15) is 9.59 Å². The average Bonchev–Trinajstić information content (AvgIpc) is 2.68. The molecular formula is C10H16N4O3S. The molecule has 1 unspecified atom stereocenters. The van der Waals surface area contributed by atoms with Crippen LogP contribution in [-0.2, 0) is 9.59 Å². The van der Waals surface area contributed by atoms with E-state index in [1.54, 1.807) is 11.8 Å². The minimum atomic E-state index is -0.971. The third-order valence-corrected chi connectivity index (χ3v) is 3.54. The van der Waals surface area contributed by atoms with Crippen LogP contribution in [0, 0.1) is 5.92 Å². The van der Waals surface area contributed by atoms with Crippen LogP contribution in [0.5, 0.6) is 0 Å². The van der Waals surface area contributed by atoms with E-state index < -0.39 is 12.0 Å². The quantitative estimate of drug-likeness (QED) is 0.429. The third-order valence-electron chi connectivity index (χ3n) is 2.90. The van der Waals surface area contributed by atoms with Gasteiger partial charge in [-0.2, -0.15) is 11.8 Å². The second kappa shape index (κ2) is 7.13. The first-order valence-corrected chi connectivity index (χ1v) is 7.01. The van der Waals surface area contributed by atoms with Crippen LogP contribution in [0.15, 0.2) is 5.11 Å². The first-order chi connectivity index (χ1) is 8.60. The predicted octanol–water partition coefficient (Wildman–Crippen LogP) is 1.35. The summed E-state index contributed by atoms with van der Waals surface area (Å²) in [7, 11) is 0. The van der Waals surface area contributed by atoms with Crippen molar-refractivity contribution in [3.8, 4) is 0 Å². The smallest absolute Gasteiger partial charge is 0.326 e. The highest BCUT2D eigenvalue weighted by atomic mass is 32.2. The van der Waals surface area contributed by atoms with E-state index in [1.165, 1.54) is 4.90 Å². The summed E-state index contributed by atoms with van der Waals surface area (Å²) in [6.45, 7) is 0.608. The molecule has 1 amide bonds. The van der Waals surface area contributed by atoms with Gasteiger partial charge in [0.1, 0.15) is 6.04 Å². The Bertz CT molecular complexity index is 370. The highest BCUT2D eigenvalue weighted by molar-refractivity contribution is 7.98. The Hall–Kier alpha value is -1.40. The Kier molecular flexibility index (Phi) is 5.80. The standard InChI is InChI=1S/C10H16N4O3S/c1-18-3-2-8(10(16)17)14-6-7(4-9(14)15)5-12-13-11/h7-8H,2-6H2,1H3,(H,16,17)/t7?,8-/m0/s1. The van der Waals surface area contributed by atoms with Gasteiger partial charge in [0.2, 0.25) is 5.91 Å². The van der Waals surface area contributed by atoms with Crippen LogP contribution in [0.4, 0.5) is 0 Å². The van der Waals surface area contributed by atoms with Crippen LogP contribution >= 0.6 is 11.8 Å². The maximum atomic E-state index is 11.8. The number of likely N-dealkylation sites (tertiary alicyclic amines) is 1. The van der Waals surface area contributed by atoms with Crippen LogP contribution < -0.4 is 0 Å². The molecule has 1 N–H and O–H groups in total. The van der Waals surface area contributed by atoms with E-state index in [2.05, 4.69) is 10.0 Å². The lowest BCUT2D eigenvalue weighted by Crippen LogP contribution is -2.42. The van der Waals surface area contributed by atoms with Crippen LogP contribution in [0.1, 0.15) is 12.8 Å². The largest absolute Gasteiger partial charge is 0.480 e. The second-order valence-electron chi connectivity index (χ2n) is 4.17. The Morgan fingerprint density at radius 3 is 3.06 bits per heavy atom. The number of carboxylic acids is 1. The lowest BCUT2D eigenvalue weighted by atomic mass is 10.1. The van der Waals surface area contributed by atoms with Gasteiger partial charge in [-0.3, -0.25) is 4.79 Å². The fourth-order valence-electron chi connectivity index (χ4n) is 2.03. The Morgan fingerprint density at radius 2 is 2.50 bits per heavy atom. The fraction of sp³-hybridized carbons (Fsp3) is 0.800. The van der Waals surface area contributed by atoms with Gasteiger partial charge in [0.25, 0.3) is 0 Å². The van der Waals surface area contributed by atoms with Gasteiger partial charge in [0, 0.05) is 24.4 Å². The minimum Gasteiger partial charge on any atom is -0.480 e. The molecule has 0 aromatic carbocycles. The van der Waals surface area contributed by atoms with E-state index in [0.29, 0.717) is 18.7 Å². The van der Waals surface area contributed by atoms with Crippen molar-refractivity contribution in [1.29, 1.82) is 0 Å². The van der Waals surface area contributed by atoms with Crippen molar-refractivity contribution in [2.24, 2.45) is 11.0 Å². The number of azide groups is 1. The molecule has 8 heteroatoms. The number of amides is 1.